The summed E-state index contributed by atoms with van der Waals surface area (Å²) in [6, 6.07) is 14.5. The summed E-state index contributed by atoms with van der Waals surface area (Å²) in [5, 5.41) is 0. The molecule has 0 unspecified atom stereocenters. The van der Waals surface area contributed by atoms with Gasteiger partial charge in [-0.1, -0.05) is 18.2 Å². The molecule has 1 heterocycles. The molecule has 0 saturated carbocycles. The predicted octanol–water partition coefficient (Wildman–Crippen LogP) is 2.98. The number of carbonyl (C=O) groups excluding carboxylic acids is 2. The number of carbonyl (C=O) groups is 2. The van der Waals surface area contributed by atoms with Crippen molar-refractivity contribution in [3.05, 3.63) is 54.1 Å². The summed E-state index contributed by atoms with van der Waals surface area (Å²) in [5.41, 5.74) is 0.433. The summed E-state index contributed by atoms with van der Waals surface area (Å²) in [5.74, 6) is 0.630. The Morgan fingerprint density at radius 2 is 1.75 bits per heavy atom. The Balaban J connectivity index is 1.49. The molecule has 5 nitrogen and oxygen atoms in total. The van der Waals surface area contributed by atoms with Crippen LogP contribution in [0.2, 0.25) is 0 Å². The molecular formula is C18H16O5S. The lowest BCUT2D eigenvalue weighted by Crippen LogP contribution is -2.18. The van der Waals surface area contributed by atoms with Crippen LogP contribution in [0.25, 0.3) is 0 Å². The number of hydrogen-bond donors (Lipinski definition) is 0. The smallest absolute Gasteiger partial charge is 0.316 e. The van der Waals surface area contributed by atoms with E-state index in [4.69, 9.17) is 14.2 Å². The standard InChI is InChI=1S/C18H16O5S/c19-15(13-6-7-16-17(10-13)22-9-8-21-16)11-23-18(20)12-24-14-4-2-1-3-5-14/h1-7,10H,8-9,11-12H2. The first-order valence-electron chi connectivity index (χ1n) is 7.49. The Morgan fingerprint density at radius 3 is 2.54 bits per heavy atom. The Kier molecular flexibility index (Phi) is 5.38. The summed E-state index contributed by atoms with van der Waals surface area (Å²) < 4.78 is 15.9. The van der Waals surface area contributed by atoms with Gasteiger partial charge in [-0.25, -0.2) is 0 Å². The number of thioether (sulfide) groups is 1. The number of Topliss-reactive ketones (excluding diaryl/α,β-unsaturated/α-hetero) is 1. The molecule has 0 saturated heterocycles. The highest BCUT2D eigenvalue weighted by molar-refractivity contribution is 8.00. The molecule has 0 bridgehead atoms. The molecule has 24 heavy (non-hydrogen) atoms. The summed E-state index contributed by atoms with van der Waals surface area (Å²) >= 11 is 1.37. The molecule has 124 valence electrons. The van der Waals surface area contributed by atoms with Crippen LogP contribution in [0, 0.1) is 0 Å². The zero-order chi connectivity index (χ0) is 16.8. The number of esters is 1. The number of ketones is 1. The largest absolute Gasteiger partial charge is 0.486 e. The van der Waals surface area contributed by atoms with E-state index in [1.54, 1.807) is 18.2 Å². The minimum absolute atomic E-state index is 0.165. The number of benzene rings is 2. The molecule has 6 heteroatoms. The second-order valence-corrected chi connectivity index (χ2v) is 6.09. The topological polar surface area (TPSA) is 61.8 Å². The molecule has 1 aliphatic heterocycles. The lowest BCUT2D eigenvalue weighted by Gasteiger charge is -2.18. The van der Waals surface area contributed by atoms with Crippen LogP contribution in [0.5, 0.6) is 11.5 Å². The highest BCUT2D eigenvalue weighted by atomic mass is 32.2. The summed E-state index contributed by atoms with van der Waals surface area (Å²) in [4.78, 5) is 24.9. The fourth-order valence-corrected chi connectivity index (χ4v) is 2.86. The van der Waals surface area contributed by atoms with Crippen LogP contribution in [-0.2, 0) is 9.53 Å². The van der Waals surface area contributed by atoms with Gasteiger partial charge in [-0.05, 0) is 30.3 Å². The van der Waals surface area contributed by atoms with Gasteiger partial charge in [0, 0.05) is 10.5 Å². The van der Waals surface area contributed by atoms with Gasteiger partial charge in [0.2, 0.25) is 0 Å². The zero-order valence-corrected chi connectivity index (χ0v) is 13.7. The van der Waals surface area contributed by atoms with Crippen LogP contribution >= 0.6 is 11.8 Å². The average molecular weight is 344 g/mol. The quantitative estimate of drug-likeness (QED) is 0.456. The van der Waals surface area contributed by atoms with Crippen LogP contribution in [0.1, 0.15) is 10.4 Å². The van der Waals surface area contributed by atoms with Gasteiger partial charge in [0.1, 0.15) is 13.2 Å². The normalized spacial score (nSPS) is 12.5. The molecule has 0 aliphatic carbocycles. The van der Waals surface area contributed by atoms with Gasteiger partial charge < -0.3 is 14.2 Å². The molecule has 3 rings (SSSR count). The van der Waals surface area contributed by atoms with Crippen molar-refractivity contribution < 1.29 is 23.8 Å². The number of rotatable bonds is 6. The van der Waals surface area contributed by atoms with Crippen molar-refractivity contribution >= 4 is 23.5 Å². The third-order valence-corrected chi connectivity index (χ3v) is 4.31. The van der Waals surface area contributed by atoms with Crippen molar-refractivity contribution in [2.45, 2.75) is 4.90 Å². The maximum Gasteiger partial charge on any atom is 0.316 e. The van der Waals surface area contributed by atoms with E-state index in [1.165, 1.54) is 11.8 Å². The molecule has 0 atom stereocenters. The maximum atomic E-state index is 12.1. The van der Waals surface area contributed by atoms with E-state index >= 15 is 0 Å². The number of fused-ring (bicyclic) bond motifs is 1. The van der Waals surface area contributed by atoms with Crippen LogP contribution < -0.4 is 9.47 Å². The van der Waals surface area contributed by atoms with Gasteiger partial charge in [-0.3, -0.25) is 9.59 Å². The SMILES string of the molecule is O=C(CSc1ccccc1)OCC(=O)c1ccc2c(c1)OCCO2. The molecule has 0 aromatic heterocycles. The first kappa shape index (κ1) is 16.4. The Labute approximate surface area is 143 Å². The van der Waals surface area contributed by atoms with Gasteiger partial charge in [0.15, 0.2) is 23.9 Å². The minimum Gasteiger partial charge on any atom is -0.486 e. The van der Waals surface area contributed by atoms with E-state index < -0.39 is 5.97 Å². The first-order valence-corrected chi connectivity index (χ1v) is 8.47. The van der Waals surface area contributed by atoms with Crippen LogP contribution in [0.3, 0.4) is 0 Å². The number of ether oxygens (including phenoxy) is 3. The molecule has 0 N–H and O–H groups in total. The Bertz CT molecular complexity index is 729. The minimum atomic E-state index is -0.422. The Morgan fingerprint density at radius 1 is 1.00 bits per heavy atom. The molecule has 2 aromatic rings. The van der Waals surface area contributed by atoms with Crippen molar-refractivity contribution in [2.24, 2.45) is 0 Å². The molecule has 2 aromatic carbocycles. The lowest BCUT2D eigenvalue weighted by atomic mass is 10.1. The highest BCUT2D eigenvalue weighted by Crippen LogP contribution is 2.30. The second kappa shape index (κ2) is 7.88. The van der Waals surface area contributed by atoms with Crippen LogP contribution in [0.4, 0.5) is 0 Å². The monoisotopic (exact) mass is 344 g/mol. The van der Waals surface area contributed by atoms with Gasteiger partial charge >= 0.3 is 5.97 Å². The van der Waals surface area contributed by atoms with Crippen LogP contribution in [-0.4, -0.2) is 37.3 Å². The van der Waals surface area contributed by atoms with E-state index in [0.29, 0.717) is 30.3 Å². The van der Waals surface area contributed by atoms with E-state index in [2.05, 4.69) is 0 Å². The summed E-state index contributed by atoms with van der Waals surface area (Å²) in [6.07, 6.45) is 0. The molecule has 0 fully saturated rings. The van der Waals surface area contributed by atoms with E-state index in [9.17, 15) is 9.59 Å². The highest BCUT2D eigenvalue weighted by Gasteiger charge is 2.16. The van der Waals surface area contributed by atoms with E-state index in [-0.39, 0.29) is 18.1 Å². The van der Waals surface area contributed by atoms with Crippen molar-refractivity contribution in [2.75, 3.05) is 25.6 Å². The fourth-order valence-electron chi connectivity index (χ4n) is 2.15. The molecule has 1 aliphatic rings. The van der Waals surface area contributed by atoms with Crippen LogP contribution in [0.15, 0.2) is 53.4 Å². The third kappa shape index (κ3) is 4.29. The summed E-state index contributed by atoms with van der Waals surface area (Å²) in [7, 11) is 0. The Hall–Kier alpha value is -2.47. The van der Waals surface area contributed by atoms with E-state index in [0.717, 1.165) is 4.90 Å². The van der Waals surface area contributed by atoms with Crippen molar-refractivity contribution in [1.29, 1.82) is 0 Å². The number of hydrogen-bond acceptors (Lipinski definition) is 6. The molecule has 0 amide bonds. The molecule has 0 radical (unpaired) electrons. The lowest BCUT2D eigenvalue weighted by molar-refractivity contribution is -0.139. The van der Waals surface area contributed by atoms with Gasteiger partial charge in [0.05, 0.1) is 5.75 Å². The first-order chi connectivity index (χ1) is 11.7. The molecule has 0 spiro atoms. The van der Waals surface area contributed by atoms with Crippen molar-refractivity contribution in [3.8, 4) is 11.5 Å². The molecular weight excluding hydrogens is 328 g/mol. The predicted molar refractivity (Wildman–Crippen MR) is 89.9 cm³/mol. The van der Waals surface area contributed by atoms with Gasteiger partial charge in [-0.2, -0.15) is 0 Å². The second-order valence-electron chi connectivity index (χ2n) is 5.04. The maximum absolute atomic E-state index is 12.1. The zero-order valence-electron chi connectivity index (χ0n) is 12.9. The summed E-state index contributed by atoms with van der Waals surface area (Å²) in [6.45, 7) is 0.668. The van der Waals surface area contributed by atoms with Crippen molar-refractivity contribution in [3.63, 3.8) is 0 Å². The van der Waals surface area contributed by atoms with E-state index in [1.807, 2.05) is 30.3 Å². The van der Waals surface area contributed by atoms with Crippen molar-refractivity contribution in [1.82, 2.24) is 0 Å². The fraction of sp³-hybridized carbons (Fsp3) is 0.222. The van der Waals surface area contributed by atoms with Gasteiger partial charge in [0.25, 0.3) is 0 Å². The average Bonchev–Trinajstić information content (AvgIpc) is 2.65. The third-order valence-electron chi connectivity index (χ3n) is 3.33. The van der Waals surface area contributed by atoms with Gasteiger partial charge in [-0.15, -0.1) is 11.8 Å².